The number of carbonyl (C=O) groups excluding carboxylic acids is 1. The molecule has 6 heteroatoms. The highest BCUT2D eigenvalue weighted by Crippen LogP contribution is 2.15. The standard InChI is InChI=1S/C17H26ClFN2O2/c1-12(11-21(5)16(22)23-17(2,3)4)9-20-10-13-6-7-14(18)15(19)8-13/h6-8,12,20H,9-11H2,1-5H3. The van der Waals surface area contributed by atoms with Crippen LogP contribution in [-0.2, 0) is 11.3 Å². The molecule has 0 aliphatic heterocycles. The number of benzene rings is 1. The van der Waals surface area contributed by atoms with Gasteiger partial charge in [-0.15, -0.1) is 0 Å². The van der Waals surface area contributed by atoms with Gasteiger partial charge in [0.2, 0.25) is 0 Å². The molecule has 23 heavy (non-hydrogen) atoms. The molecule has 0 aliphatic rings. The van der Waals surface area contributed by atoms with E-state index in [4.69, 9.17) is 16.3 Å². The maximum atomic E-state index is 13.3. The van der Waals surface area contributed by atoms with E-state index in [0.29, 0.717) is 19.6 Å². The van der Waals surface area contributed by atoms with Crippen LogP contribution in [0.2, 0.25) is 5.02 Å². The van der Waals surface area contributed by atoms with E-state index in [0.717, 1.165) is 5.56 Å². The van der Waals surface area contributed by atoms with E-state index < -0.39 is 11.4 Å². The molecule has 0 aliphatic carbocycles. The number of nitrogens with one attached hydrogen (secondary N) is 1. The molecular formula is C17H26ClFN2O2. The minimum absolute atomic E-state index is 0.126. The summed E-state index contributed by atoms with van der Waals surface area (Å²) in [5.41, 5.74) is 0.338. The molecule has 1 amide bonds. The first-order valence-corrected chi connectivity index (χ1v) is 8.05. The highest BCUT2D eigenvalue weighted by molar-refractivity contribution is 6.30. The Kier molecular flexibility index (Phi) is 7.29. The number of carbonyl (C=O) groups is 1. The minimum Gasteiger partial charge on any atom is -0.444 e. The van der Waals surface area contributed by atoms with Crippen molar-refractivity contribution in [3.63, 3.8) is 0 Å². The number of hydrogen-bond donors (Lipinski definition) is 1. The van der Waals surface area contributed by atoms with Crippen molar-refractivity contribution in [3.05, 3.63) is 34.6 Å². The lowest BCUT2D eigenvalue weighted by Crippen LogP contribution is -2.38. The van der Waals surface area contributed by atoms with E-state index in [1.54, 1.807) is 24.1 Å². The van der Waals surface area contributed by atoms with Gasteiger partial charge in [-0.25, -0.2) is 9.18 Å². The van der Waals surface area contributed by atoms with Crippen LogP contribution in [0.4, 0.5) is 9.18 Å². The quantitative estimate of drug-likeness (QED) is 0.845. The van der Waals surface area contributed by atoms with E-state index in [2.05, 4.69) is 5.32 Å². The topological polar surface area (TPSA) is 41.6 Å². The molecular weight excluding hydrogens is 319 g/mol. The Balaban J connectivity index is 2.34. The smallest absolute Gasteiger partial charge is 0.410 e. The predicted octanol–water partition coefficient (Wildman–Crippen LogP) is 4.07. The number of amides is 1. The Hall–Kier alpha value is -1.33. The highest BCUT2D eigenvalue weighted by Gasteiger charge is 2.20. The summed E-state index contributed by atoms with van der Waals surface area (Å²) in [7, 11) is 1.72. The van der Waals surface area contributed by atoms with Crippen LogP contribution < -0.4 is 5.32 Å². The van der Waals surface area contributed by atoms with Gasteiger partial charge in [0.25, 0.3) is 0 Å². The Morgan fingerprint density at radius 1 is 1.43 bits per heavy atom. The lowest BCUT2D eigenvalue weighted by Gasteiger charge is -2.26. The molecule has 0 heterocycles. The molecule has 1 rings (SSSR count). The van der Waals surface area contributed by atoms with Crippen molar-refractivity contribution in [1.82, 2.24) is 10.2 Å². The Morgan fingerprint density at radius 3 is 2.65 bits per heavy atom. The third-order valence-electron chi connectivity index (χ3n) is 3.10. The van der Waals surface area contributed by atoms with Gasteiger partial charge in [0.15, 0.2) is 0 Å². The van der Waals surface area contributed by atoms with Crippen LogP contribution in [0.3, 0.4) is 0 Å². The average Bonchev–Trinajstić information content (AvgIpc) is 2.40. The van der Waals surface area contributed by atoms with Crippen molar-refractivity contribution >= 4 is 17.7 Å². The summed E-state index contributed by atoms with van der Waals surface area (Å²) in [4.78, 5) is 13.5. The molecule has 0 bridgehead atoms. The van der Waals surface area contributed by atoms with Gasteiger partial charge in [-0.1, -0.05) is 24.6 Å². The lowest BCUT2D eigenvalue weighted by atomic mass is 10.1. The van der Waals surface area contributed by atoms with Crippen LogP contribution in [0, 0.1) is 11.7 Å². The van der Waals surface area contributed by atoms with Gasteiger partial charge < -0.3 is 15.0 Å². The molecule has 0 spiro atoms. The van der Waals surface area contributed by atoms with Crippen molar-refractivity contribution in [2.24, 2.45) is 5.92 Å². The molecule has 0 saturated heterocycles. The molecule has 0 fully saturated rings. The van der Waals surface area contributed by atoms with Crippen molar-refractivity contribution in [3.8, 4) is 0 Å². The number of rotatable bonds is 6. The summed E-state index contributed by atoms with van der Waals surface area (Å²) < 4.78 is 18.7. The maximum Gasteiger partial charge on any atom is 0.410 e. The predicted molar refractivity (Wildman–Crippen MR) is 91.1 cm³/mol. The zero-order valence-electron chi connectivity index (χ0n) is 14.5. The van der Waals surface area contributed by atoms with Crippen LogP contribution in [0.15, 0.2) is 18.2 Å². The van der Waals surface area contributed by atoms with Gasteiger partial charge in [0, 0.05) is 20.1 Å². The van der Waals surface area contributed by atoms with Crippen molar-refractivity contribution in [1.29, 1.82) is 0 Å². The van der Waals surface area contributed by atoms with Crippen LogP contribution in [0.25, 0.3) is 0 Å². The fourth-order valence-corrected chi connectivity index (χ4v) is 2.18. The monoisotopic (exact) mass is 344 g/mol. The summed E-state index contributed by atoms with van der Waals surface area (Å²) in [5.74, 6) is -0.173. The summed E-state index contributed by atoms with van der Waals surface area (Å²) in [6.07, 6.45) is -0.330. The Labute approximate surface area is 142 Å². The first-order valence-electron chi connectivity index (χ1n) is 7.67. The van der Waals surface area contributed by atoms with Crippen LogP contribution in [0.1, 0.15) is 33.3 Å². The molecule has 130 valence electrons. The van der Waals surface area contributed by atoms with Crippen molar-refractivity contribution in [2.45, 2.75) is 39.8 Å². The number of ether oxygens (including phenoxy) is 1. The van der Waals surface area contributed by atoms with Gasteiger partial charge in [0.1, 0.15) is 11.4 Å². The zero-order valence-corrected chi connectivity index (χ0v) is 15.2. The van der Waals surface area contributed by atoms with Gasteiger partial charge in [-0.3, -0.25) is 0 Å². The average molecular weight is 345 g/mol. The minimum atomic E-state index is -0.495. The second kappa shape index (κ2) is 8.50. The van der Waals surface area contributed by atoms with E-state index >= 15 is 0 Å². The van der Waals surface area contributed by atoms with E-state index in [-0.39, 0.29) is 17.0 Å². The van der Waals surface area contributed by atoms with E-state index in [1.165, 1.54) is 6.07 Å². The third-order valence-corrected chi connectivity index (χ3v) is 3.40. The normalized spacial score (nSPS) is 12.8. The molecule has 4 nitrogen and oxygen atoms in total. The summed E-state index contributed by atoms with van der Waals surface area (Å²) in [6, 6.07) is 4.76. The summed E-state index contributed by atoms with van der Waals surface area (Å²) >= 11 is 5.65. The van der Waals surface area contributed by atoms with Gasteiger partial charge in [-0.2, -0.15) is 0 Å². The molecule has 1 aromatic carbocycles. The van der Waals surface area contributed by atoms with Crippen LogP contribution >= 0.6 is 11.6 Å². The second-order valence-electron chi connectivity index (χ2n) is 6.85. The summed E-state index contributed by atoms with van der Waals surface area (Å²) in [5, 5.41) is 3.38. The van der Waals surface area contributed by atoms with Crippen molar-refractivity contribution in [2.75, 3.05) is 20.1 Å². The number of halogens is 2. The SMILES string of the molecule is CC(CNCc1ccc(Cl)c(F)c1)CN(C)C(=O)OC(C)(C)C. The van der Waals surface area contributed by atoms with Gasteiger partial charge in [-0.05, 0) is 50.9 Å². The third kappa shape index (κ3) is 7.66. The second-order valence-corrected chi connectivity index (χ2v) is 7.25. The first kappa shape index (κ1) is 19.7. The highest BCUT2D eigenvalue weighted by atomic mass is 35.5. The van der Waals surface area contributed by atoms with Crippen LogP contribution in [0.5, 0.6) is 0 Å². The van der Waals surface area contributed by atoms with Crippen LogP contribution in [-0.4, -0.2) is 36.7 Å². The molecule has 0 aromatic heterocycles. The molecule has 1 atom stereocenters. The molecule has 0 saturated carbocycles. The largest absolute Gasteiger partial charge is 0.444 e. The van der Waals surface area contributed by atoms with E-state index in [9.17, 15) is 9.18 Å². The number of nitrogens with zero attached hydrogens (tertiary/aromatic N) is 1. The molecule has 1 unspecified atom stereocenters. The zero-order chi connectivity index (χ0) is 17.6. The molecule has 1 N–H and O–H groups in total. The molecule has 1 aromatic rings. The lowest BCUT2D eigenvalue weighted by molar-refractivity contribution is 0.0277. The summed E-state index contributed by atoms with van der Waals surface area (Å²) in [6.45, 7) is 9.40. The Bertz CT molecular complexity index is 532. The van der Waals surface area contributed by atoms with Gasteiger partial charge >= 0.3 is 6.09 Å². The maximum absolute atomic E-state index is 13.3. The fourth-order valence-electron chi connectivity index (χ4n) is 2.06. The van der Waals surface area contributed by atoms with E-state index in [1.807, 2.05) is 27.7 Å². The molecule has 0 radical (unpaired) electrons. The first-order chi connectivity index (χ1) is 10.6. The fraction of sp³-hybridized carbons (Fsp3) is 0.588. The van der Waals surface area contributed by atoms with Gasteiger partial charge in [0.05, 0.1) is 5.02 Å². The number of hydrogen-bond acceptors (Lipinski definition) is 3. The Morgan fingerprint density at radius 2 is 2.09 bits per heavy atom. The van der Waals surface area contributed by atoms with Crippen molar-refractivity contribution < 1.29 is 13.9 Å².